The predicted molar refractivity (Wildman–Crippen MR) is 138 cm³/mol. The average molecular weight is 556 g/mol. The van der Waals surface area contributed by atoms with E-state index in [0.717, 1.165) is 57.0 Å². The van der Waals surface area contributed by atoms with Gasteiger partial charge in [-0.05, 0) is 43.9 Å². The quantitative estimate of drug-likeness (QED) is 0.270. The summed E-state index contributed by atoms with van der Waals surface area (Å²) in [6.07, 6.45) is 3.30. The summed E-state index contributed by atoms with van der Waals surface area (Å²) in [7, 11) is 1.85. The minimum Gasteiger partial charge on any atom is -0.369 e. The van der Waals surface area contributed by atoms with Crippen molar-refractivity contribution in [1.82, 2.24) is 20.4 Å². The maximum absolute atomic E-state index is 11.7. The van der Waals surface area contributed by atoms with E-state index in [-0.39, 0.29) is 47.8 Å². The summed E-state index contributed by atoms with van der Waals surface area (Å²) in [4.78, 5) is 32.1. The number of hydrogen-bond acceptors (Lipinski definition) is 4. The molecule has 2 heterocycles. The first-order chi connectivity index (χ1) is 14.9. The van der Waals surface area contributed by atoms with Gasteiger partial charge in [0.15, 0.2) is 5.96 Å². The maximum atomic E-state index is 11.7. The third-order valence-electron chi connectivity index (χ3n) is 6.04. The molecule has 2 amide bonds. The molecule has 1 aromatic rings. The topological polar surface area (TPSA) is 103 Å². The molecule has 8 nitrogen and oxygen atoms in total. The lowest BCUT2D eigenvalue weighted by Gasteiger charge is -2.31. The molecular weight excluding hydrogens is 519 g/mol. The van der Waals surface area contributed by atoms with Crippen molar-refractivity contribution < 1.29 is 9.59 Å². The van der Waals surface area contributed by atoms with Crippen LogP contribution in [0, 0.1) is 5.92 Å². The van der Waals surface area contributed by atoms with E-state index in [1.165, 1.54) is 5.56 Å². The number of nitrogens with one attached hydrogen (secondary N) is 2. The fraction of sp³-hybridized carbons (Fsp3) is 0.609. The van der Waals surface area contributed by atoms with Crippen molar-refractivity contribution in [2.45, 2.75) is 51.7 Å². The van der Waals surface area contributed by atoms with Crippen LogP contribution in [0.4, 0.5) is 0 Å². The number of guanidine groups is 1. The van der Waals surface area contributed by atoms with Crippen LogP contribution in [0.2, 0.25) is 0 Å². The van der Waals surface area contributed by atoms with Crippen molar-refractivity contribution in [3.63, 3.8) is 0 Å². The van der Waals surface area contributed by atoms with E-state index in [2.05, 4.69) is 39.8 Å². The highest BCUT2D eigenvalue weighted by molar-refractivity contribution is 14.0. The molecule has 1 aromatic carbocycles. The highest BCUT2D eigenvalue weighted by atomic mass is 127. The molecule has 2 fully saturated rings. The number of rotatable bonds is 7. The summed E-state index contributed by atoms with van der Waals surface area (Å²) in [5.74, 6) is 0.753. The molecular formula is C23H37IN6O2. The molecule has 2 saturated heterocycles. The van der Waals surface area contributed by atoms with Gasteiger partial charge in [0.1, 0.15) is 0 Å². The summed E-state index contributed by atoms with van der Waals surface area (Å²) < 4.78 is 0. The lowest BCUT2D eigenvalue weighted by atomic mass is 9.97. The number of likely N-dealkylation sites (N-methyl/N-ethyl adjacent to an activating group) is 1. The number of halogens is 1. The minimum absolute atomic E-state index is 0. The summed E-state index contributed by atoms with van der Waals surface area (Å²) in [5, 5.41) is 6.77. The molecule has 4 N–H and O–H groups in total. The molecule has 9 heteroatoms. The van der Waals surface area contributed by atoms with Crippen LogP contribution >= 0.6 is 24.0 Å². The first-order valence-electron chi connectivity index (χ1n) is 11.3. The van der Waals surface area contributed by atoms with Crippen LogP contribution in [-0.2, 0) is 22.7 Å². The van der Waals surface area contributed by atoms with Gasteiger partial charge in [-0.1, -0.05) is 24.3 Å². The fourth-order valence-electron chi connectivity index (χ4n) is 4.33. The molecule has 2 unspecified atom stereocenters. The van der Waals surface area contributed by atoms with E-state index >= 15 is 0 Å². The number of amides is 2. The van der Waals surface area contributed by atoms with Crippen molar-refractivity contribution in [1.29, 1.82) is 0 Å². The number of carbonyl (C=O) groups is 2. The third-order valence-corrected chi connectivity index (χ3v) is 6.04. The van der Waals surface area contributed by atoms with E-state index < -0.39 is 0 Å². The van der Waals surface area contributed by atoms with Crippen LogP contribution in [0.1, 0.15) is 43.7 Å². The van der Waals surface area contributed by atoms with Gasteiger partial charge < -0.3 is 21.3 Å². The number of aliphatic imine (C=N–C) groups is 1. The number of benzene rings is 1. The van der Waals surface area contributed by atoms with Gasteiger partial charge in [0.05, 0.1) is 12.5 Å². The third kappa shape index (κ3) is 7.91. The molecule has 2 aliphatic heterocycles. The van der Waals surface area contributed by atoms with Crippen LogP contribution < -0.4 is 16.4 Å². The second-order valence-electron chi connectivity index (χ2n) is 8.65. The van der Waals surface area contributed by atoms with E-state index in [0.29, 0.717) is 19.5 Å². The standard InChI is InChI=1S/C23H36N6O2.HI/c1-3-25-23(27-20-9-10-21(30)28(2)16-20)26-13-17-6-4-7-18(12-17)14-29-11-5-8-19(15-29)22(24)31;/h4,6-7,12,19-20H,3,5,8-11,13-16H2,1-2H3,(H2,24,31)(H2,25,26,27);1H. The maximum Gasteiger partial charge on any atom is 0.222 e. The van der Waals surface area contributed by atoms with Crippen molar-refractivity contribution in [2.24, 2.45) is 16.6 Å². The monoisotopic (exact) mass is 556 g/mol. The Hall–Kier alpha value is -1.88. The second-order valence-corrected chi connectivity index (χ2v) is 8.65. The smallest absolute Gasteiger partial charge is 0.222 e. The Morgan fingerprint density at radius 1 is 1.25 bits per heavy atom. The van der Waals surface area contributed by atoms with Gasteiger partial charge in [-0.2, -0.15) is 0 Å². The number of carbonyl (C=O) groups excluding carboxylic acids is 2. The van der Waals surface area contributed by atoms with E-state index in [1.807, 2.05) is 14.0 Å². The first-order valence-corrected chi connectivity index (χ1v) is 11.3. The molecule has 2 atom stereocenters. The van der Waals surface area contributed by atoms with Crippen LogP contribution in [0.5, 0.6) is 0 Å². The van der Waals surface area contributed by atoms with E-state index in [1.54, 1.807) is 4.90 Å². The highest BCUT2D eigenvalue weighted by Gasteiger charge is 2.24. The summed E-state index contributed by atoms with van der Waals surface area (Å²) in [6, 6.07) is 8.68. The van der Waals surface area contributed by atoms with Crippen LogP contribution in [0.25, 0.3) is 0 Å². The summed E-state index contributed by atoms with van der Waals surface area (Å²) >= 11 is 0. The van der Waals surface area contributed by atoms with Gasteiger partial charge in [0.25, 0.3) is 0 Å². The van der Waals surface area contributed by atoms with Gasteiger partial charge in [-0.25, -0.2) is 4.99 Å². The minimum atomic E-state index is -0.190. The number of nitrogens with zero attached hydrogens (tertiary/aromatic N) is 3. The van der Waals surface area contributed by atoms with Gasteiger partial charge in [0.2, 0.25) is 11.8 Å². The number of hydrogen-bond donors (Lipinski definition) is 3. The normalized spacial score (nSPS) is 22.2. The Balaban J connectivity index is 0.00000363. The molecule has 0 saturated carbocycles. The lowest BCUT2D eigenvalue weighted by Crippen LogP contribution is -2.51. The molecule has 2 aliphatic rings. The zero-order chi connectivity index (χ0) is 22.2. The van der Waals surface area contributed by atoms with Crippen molar-refractivity contribution in [3.05, 3.63) is 35.4 Å². The molecule has 178 valence electrons. The van der Waals surface area contributed by atoms with Crippen LogP contribution in [-0.4, -0.2) is 66.8 Å². The van der Waals surface area contributed by atoms with E-state index in [4.69, 9.17) is 10.7 Å². The molecule has 32 heavy (non-hydrogen) atoms. The van der Waals surface area contributed by atoms with Crippen molar-refractivity contribution in [3.8, 4) is 0 Å². The Kier molecular flexibility index (Phi) is 10.7. The van der Waals surface area contributed by atoms with Gasteiger partial charge in [-0.15, -0.1) is 24.0 Å². The van der Waals surface area contributed by atoms with Crippen molar-refractivity contribution in [2.75, 3.05) is 33.2 Å². The zero-order valence-electron chi connectivity index (χ0n) is 19.2. The number of primary amides is 1. The van der Waals surface area contributed by atoms with Crippen LogP contribution in [0.3, 0.4) is 0 Å². The largest absolute Gasteiger partial charge is 0.369 e. The number of nitrogens with two attached hydrogens (primary N) is 1. The predicted octanol–water partition coefficient (Wildman–Crippen LogP) is 1.68. The van der Waals surface area contributed by atoms with Gasteiger partial charge in [0, 0.05) is 45.7 Å². The first kappa shape index (κ1) is 26.4. The molecule has 0 bridgehead atoms. The van der Waals surface area contributed by atoms with Crippen molar-refractivity contribution >= 4 is 41.8 Å². The van der Waals surface area contributed by atoms with E-state index in [9.17, 15) is 9.59 Å². The molecule has 3 rings (SSSR count). The SMILES string of the molecule is CCNC(=NCc1cccc(CN2CCCC(C(N)=O)C2)c1)NC1CCC(=O)N(C)C1.I. The lowest BCUT2D eigenvalue weighted by molar-refractivity contribution is -0.132. The summed E-state index contributed by atoms with van der Waals surface area (Å²) in [5.41, 5.74) is 7.88. The van der Waals surface area contributed by atoms with Crippen LogP contribution in [0.15, 0.2) is 29.3 Å². The summed E-state index contributed by atoms with van der Waals surface area (Å²) in [6.45, 7) is 6.66. The molecule has 0 aromatic heterocycles. The molecule has 0 spiro atoms. The van der Waals surface area contributed by atoms with Gasteiger partial charge >= 0.3 is 0 Å². The Bertz CT molecular complexity index is 802. The molecule has 0 aliphatic carbocycles. The van der Waals surface area contributed by atoms with Gasteiger partial charge in [-0.3, -0.25) is 14.5 Å². The fourth-order valence-corrected chi connectivity index (χ4v) is 4.33. The Morgan fingerprint density at radius 3 is 2.75 bits per heavy atom. The Morgan fingerprint density at radius 2 is 2.03 bits per heavy atom. The highest BCUT2D eigenvalue weighted by Crippen LogP contribution is 2.19. The second kappa shape index (κ2) is 13.0. The number of likely N-dealkylation sites (tertiary alicyclic amines) is 2. The number of piperidine rings is 2. The molecule has 0 radical (unpaired) electrons. The average Bonchev–Trinajstić information content (AvgIpc) is 2.75. The Labute approximate surface area is 208 Å². The zero-order valence-corrected chi connectivity index (χ0v) is 21.5.